The van der Waals surface area contributed by atoms with Crippen molar-refractivity contribution in [3.05, 3.63) is 230 Å². The highest BCUT2D eigenvalue weighted by atomic mass is 16.3. The van der Waals surface area contributed by atoms with Crippen molar-refractivity contribution in [3.63, 3.8) is 0 Å². The van der Waals surface area contributed by atoms with Gasteiger partial charge in [-0.3, -0.25) is 0 Å². The van der Waals surface area contributed by atoms with Crippen LogP contribution in [0.5, 0.6) is 0 Å². The van der Waals surface area contributed by atoms with Crippen LogP contribution in [-0.4, -0.2) is 0 Å². The number of furan rings is 1. The summed E-state index contributed by atoms with van der Waals surface area (Å²) in [7, 11) is 0. The molecule has 0 spiro atoms. The number of fused-ring (bicyclic) bond motifs is 7. The molecule has 0 radical (unpaired) electrons. The Morgan fingerprint density at radius 2 is 0.639 bits per heavy atom. The molecule has 0 aliphatic carbocycles. The average Bonchev–Trinajstić information content (AvgIpc) is 3.69. The molecule has 3 heteroatoms. The van der Waals surface area contributed by atoms with Crippen molar-refractivity contribution in [2.75, 3.05) is 9.80 Å². The van der Waals surface area contributed by atoms with Crippen LogP contribution in [0.25, 0.3) is 65.7 Å². The first-order chi connectivity index (χ1) is 30.1. The van der Waals surface area contributed by atoms with Crippen molar-refractivity contribution < 1.29 is 4.42 Å². The lowest BCUT2D eigenvalue weighted by atomic mass is 9.98. The molecule has 0 aliphatic rings. The molecular formula is C58H42N2O. The van der Waals surface area contributed by atoms with Crippen molar-refractivity contribution in [1.29, 1.82) is 0 Å². The Morgan fingerprint density at radius 1 is 0.279 bits per heavy atom. The minimum absolute atomic E-state index is 0.884. The molecule has 0 atom stereocenters. The third kappa shape index (κ3) is 6.48. The Bertz CT molecular complexity index is 3140. The molecule has 1 aromatic heterocycles. The molecule has 290 valence electrons. The summed E-state index contributed by atoms with van der Waals surface area (Å²) >= 11 is 0. The molecule has 61 heavy (non-hydrogen) atoms. The molecule has 3 nitrogen and oxygen atoms in total. The number of anilines is 6. The number of hydrogen-bond acceptors (Lipinski definition) is 3. The SMILES string of the molecule is Cc1cccc(N(c2ccc(-c3ccccc3)cc2)c2cc3c4cc(N(c5ccc(-c6ccccc6)cc5)c5cccc(C)c5)c5ccccc5c4oc3c3ccccc23)c1. The van der Waals surface area contributed by atoms with Gasteiger partial charge in [0.25, 0.3) is 0 Å². The summed E-state index contributed by atoms with van der Waals surface area (Å²) in [6.45, 7) is 4.32. The lowest BCUT2D eigenvalue weighted by Gasteiger charge is -2.28. The van der Waals surface area contributed by atoms with E-state index in [1.807, 2.05) is 0 Å². The Balaban J connectivity index is 1.17. The highest BCUT2D eigenvalue weighted by molar-refractivity contribution is 6.25. The van der Waals surface area contributed by atoms with Gasteiger partial charge in [0.15, 0.2) is 0 Å². The Labute approximate surface area is 356 Å². The normalized spacial score (nSPS) is 11.4. The van der Waals surface area contributed by atoms with E-state index in [1.54, 1.807) is 0 Å². The van der Waals surface area contributed by atoms with Crippen LogP contribution in [0.4, 0.5) is 34.1 Å². The minimum Gasteiger partial charge on any atom is -0.455 e. The molecule has 11 rings (SSSR count). The Hall–Kier alpha value is -7.88. The molecule has 0 bridgehead atoms. The first-order valence-electron chi connectivity index (χ1n) is 20.9. The molecule has 0 N–H and O–H groups in total. The molecule has 1 heterocycles. The van der Waals surface area contributed by atoms with E-state index in [4.69, 9.17) is 4.42 Å². The largest absolute Gasteiger partial charge is 0.455 e. The van der Waals surface area contributed by atoms with Gasteiger partial charge in [0.05, 0.1) is 11.4 Å². The average molecular weight is 783 g/mol. The van der Waals surface area contributed by atoms with E-state index >= 15 is 0 Å². The summed E-state index contributed by atoms with van der Waals surface area (Å²) in [4.78, 5) is 4.80. The van der Waals surface area contributed by atoms with Crippen LogP contribution in [0.15, 0.2) is 223 Å². The van der Waals surface area contributed by atoms with Crippen LogP contribution in [0.2, 0.25) is 0 Å². The smallest absolute Gasteiger partial charge is 0.143 e. The number of rotatable bonds is 8. The summed E-state index contributed by atoms with van der Waals surface area (Å²) in [5, 5.41) is 6.51. The van der Waals surface area contributed by atoms with Crippen LogP contribution >= 0.6 is 0 Å². The van der Waals surface area contributed by atoms with Gasteiger partial charge in [-0.05, 0) is 108 Å². The number of aryl methyl sites for hydroxylation is 2. The van der Waals surface area contributed by atoms with Gasteiger partial charge in [-0.2, -0.15) is 0 Å². The fourth-order valence-corrected chi connectivity index (χ4v) is 9.01. The quantitative estimate of drug-likeness (QED) is 0.153. The maximum atomic E-state index is 7.10. The monoisotopic (exact) mass is 782 g/mol. The second kappa shape index (κ2) is 15.1. The summed E-state index contributed by atoms with van der Waals surface area (Å²) in [6, 6.07) is 78.6. The van der Waals surface area contributed by atoms with E-state index in [9.17, 15) is 0 Å². The molecule has 0 unspecified atom stereocenters. The summed E-state index contributed by atoms with van der Waals surface area (Å²) in [6.07, 6.45) is 0. The van der Waals surface area contributed by atoms with Crippen molar-refractivity contribution in [2.24, 2.45) is 0 Å². The number of benzene rings is 10. The first kappa shape index (κ1) is 36.2. The fourth-order valence-electron chi connectivity index (χ4n) is 9.01. The lowest BCUT2D eigenvalue weighted by Crippen LogP contribution is -2.11. The van der Waals surface area contributed by atoms with Crippen LogP contribution in [0.1, 0.15) is 11.1 Å². The zero-order valence-corrected chi connectivity index (χ0v) is 34.1. The van der Waals surface area contributed by atoms with Gasteiger partial charge in [-0.15, -0.1) is 0 Å². The minimum atomic E-state index is 0.884. The fraction of sp³-hybridized carbons (Fsp3) is 0.0345. The van der Waals surface area contributed by atoms with E-state index in [-0.39, 0.29) is 0 Å². The predicted octanol–water partition coefficient (Wildman–Crippen LogP) is 16.8. The molecule has 0 fully saturated rings. The van der Waals surface area contributed by atoms with Crippen molar-refractivity contribution in [2.45, 2.75) is 13.8 Å². The second-order valence-corrected chi connectivity index (χ2v) is 15.9. The molecule has 10 aromatic carbocycles. The van der Waals surface area contributed by atoms with Gasteiger partial charge < -0.3 is 14.2 Å². The zero-order chi connectivity index (χ0) is 40.9. The topological polar surface area (TPSA) is 19.6 Å². The highest BCUT2D eigenvalue weighted by Crippen LogP contribution is 2.49. The maximum Gasteiger partial charge on any atom is 0.143 e. The number of nitrogens with zero attached hydrogens (tertiary/aromatic N) is 2. The predicted molar refractivity (Wildman–Crippen MR) is 258 cm³/mol. The second-order valence-electron chi connectivity index (χ2n) is 15.9. The van der Waals surface area contributed by atoms with Gasteiger partial charge in [-0.1, -0.05) is 158 Å². The van der Waals surface area contributed by atoms with E-state index < -0.39 is 0 Å². The van der Waals surface area contributed by atoms with E-state index in [0.717, 1.165) is 77.6 Å². The zero-order valence-electron chi connectivity index (χ0n) is 34.1. The molecule has 0 saturated heterocycles. The molecule has 0 amide bonds. The van der Waals surface area contributed by atoms with Gasteiger partial charge in [0.2, 0.25) is 0 Å². The molecule has 0 aliphatic heterocycles. The molecule has 11 aromatic rings. The van der Waals surface area contributed by atoms with E-state index in [1.165, 1.54) is 33.4 Å². The third-order valence-electron chi connectivity index (χ3n) is 11.9. The summed E-state index contributed by atoms with van der Waals surface area (Å²) in [5.74, 6) is 0. The maximum absolute atomic E-state index is 7.10. The summed E-state index contributed by atoms with van der Waals surface area (Å²) in [5.41, 5.74) is 15.5. The Morgan fingerprint density at radius 3 is 1.03 bits per heavy atom. The lowest BCUT2D eigenvalue weighted by molar-refractivity contribution is 0.676. The van der Waals surface area contributed by atoms with Gasteiger partial charge in [0, 0.05) is 55.1 Å². The van der Waals surface area contributed by atoms with Gasteiger partial charge in [-0.25, -0.2) is 0 Å². The van der Waals surface area contributed by atoms with Crippen molar-refractivity contribution in [3.8, 4) is 22.3 Å². The summed E-state index contributed by atoms with van der Waals surface area (Å²) < 4.78 is 7.10. The standard InChI is InChI=1S/C58H42N2O/c1-39-15-13-21-47(35-39)59(45-31-27-43(28-32-45)41-17-5-3-6-18-41)55-37-53-54-38-56(50-24-10-12-26-52(50)58(54)61-57(53)51-25-11-9-23-49(51)55)60(48-22-14-16-40(2)36-48)46-33-29-44(30-34-46)42-19-7-4-8-20-42/h3-38H,1-2H3. The van der Waals surface area contributed by atoms with Crippen molar-refractivity contribution in [1.82, 2.24) is 0 Å². The highest BCUT2D eigenvalue weighted by Gasteiger charge is 2.24. The molecular weight excluding hydrogens is 741 g/mol. The molecule has 0 saturated carbocycles. The first-order valence-corrected chi connectivity index (χ1v) is 20.9. The van der Waals surface area contributed by atoms with Gasteiger partial charge >= 0.3 is 0 Å². The van der Waals surface area contributed by atoms with Crippen LogP contribution in [0.3, 0.4) is 0 Å². The van der Waals surface area contributed by atoms with Crippen LogP contribution < -0.4 is 9.80 Å². The van der Waals surface area contributed by atoms with Crippen LogP contribution in [-0.2, 0) is 0 Å². The van der Waals surface area contributed by atoms with Crippen molar-refractivity contribution >= 4 is 77.6 Å². The van der Waals surface area contributed by atoms with E-state index in [0.29, 0.717) is 0 Å². The van der Waals surface area contributed by atoms with Crippen LogP contribution in [0, 0.1) is 13.8 Å². The number of hydrogen-bond donors (Lipinski definition) is 0. The van der Waals surface area contributed by atoms with E-state index in [2.05, 4.69) is 242 Å². The van der Waals surface area contributed by atoms with Gasteiger partial charge in [0.1, 0.15) is 11.2 Å². The third-order valence-corrected chi connectivity index (χ3v) is 11.9. The Kier molecular flexibility index (Phi) is 8.94.